The molecule has 0 amide bonds. The predicted octanol–water partition coefficient (Wildman–Crippen LogP) is -7.70. The summed E-state index contributed by atoms with van der Waals surface area (Å²) in [4.78, 5) is 0. The number of hydrogen-bond donors (Lipinski definition) is 12. The van der Waals surface area contributed by atoms with Gasteiger partial charge in [-0.15, -0.1) is 0 Å². The second-order valence-corrected chi connectivity index (χ2v) is 3.79. The van der Waals surface area contributed by atoms with Crippen molar-refractivity contribution in [2.45, 2.75) is 79.3 Å². The average Bonchev–Trinajstić information content (AvgIpc) is 2.08. The molecule has 23 N–H and O–H groups in total. The predicted molar refractivity (Wildman–Crippen MR) is 102 cm³/mol. The Labute approximate surface area is 220 Å². The van der Waals surface area contributed by atoms with E-state index in [4.69, 9.17) is 61.3 Å². The maximum absolute atomic E-state index is 7.61. The van der Waals surface area contributed by atoms with Crippen LogP contribution in [0.4, 0.5) is 0 Å². The van der Waals surface area contributed by atoms with E-state index in [1.54, 1.807) is 0 Å². The van der Waals surface area contributed by atoms with Crippen LogP contribution in [0.2, 0.25) is 0 Å². The topological polar surface area (TPSA) is 373 Å². The summed E-state index contributed by atoms with van der Waals surface area (Å²) in [7, 11) is 0. The first kappa shape index (κ1) is 85.0. The Hall–Kier alpha value is 1.23. The van der Waals surface area contributed by atoms with Gasteiger partial charge in [-0.1, -0.05) is 0 Å². The number of hydrogen-bond acceptors (Lipinski definition) is 12. The molecule has 0 spiro atoms. The van der Waals surface area contributed by atoms with Crippen LogP contribution in [0.5, 0.6) is 0 Å². The van der Waals surface area contributed by atoms with Crippen LogP contribution in [-0.2, 0) is 74.9 Å². The Bertz CT molecular complexity index is 117. The minimum Gasteiger partial charge on any atom is -0.457 e. The minimum atomic E-state index is -1.17. The van der Waals surface area contributed by atoms with Gasteiger partial charge in [-0.05, 0) is 41.5 Å². The molecule has 0 rings (SSSR count). The zero-order chi connectivity index (χ0) is 21.5. The Morgan fingerprint density at radius 1 is 0.290 bits per heavy atom. The zero-order valence-corrected chi connectivity index (χ0v) is 23.3. The standard InChI is InChI=1S/6C2H6O2.4H2O.3Ru/c6*1-2(3)4;;;;;;;/h6*2-4H,1H3;4*1H2;;;/p+3. The van der Waals surface area contributed by atoms with Crippen LogP contribution in [0.25, 0.3) is 0 Å². The molecule has 0 aliphatic heterocycles. The van der Waals surface area contributed by atoms with Crippen LogP contribution in [0, 0.1) is 0 Å². The van der Waals surface area contributed by atoms with Crippen molar-refractivity contribution in [2.75, 3.05) is 0 Å². The molecule has 0 aromatic rings. The fraction of sp³-hybridized carbons (Fsp3) is 1.00. The monoisotopic (exact) mass is 753 g/mol. The smallest absolute Gasteiger partial charge is 0.148 e. The maximum atomic E-state index is 7.61. The zero-order valence-electron chi connectivity index (χ0n) is 18.1. The van der Waals surface area contributed by atoms with Gasteiger partial charge in [-0.2, -0.15) is 0 Å². The third kappa shape index (κ3) is 17600. The minimum absolute atomic E-state index is 0. The van der Waals surface area contributed by atoms with Gasteiger partial charge in [0.15, 0.2) is 0 Å². The van der Waals surface area contributed by atoms with E-state index in [0.29, 0.717) is 0 Å². The molecular formula is C12H47O16Ru3+3. The van der Waals surface area contributed by atoms with E-state index in [9.17, 15) is 0 Å². The summed E-state index contributed by atoms with van der Waals surface area (Å²) in [5, 5.41) is 91.3. The molecule has 0 heterocycles. The van der Waals surface area contributed by atoms with E-state index in [2.05, 4.69) is 0 Å². The molecule has 0 saturated heterocycles. The van der Waals surface area contributed by atoms with Crippen molar-refractivity contribution in [1.82, 2.24) is 0 Å². The van der Waals surface area contributed by atoms with Crippen LogP contribution in [-0.4, -0.2) is 104 Å². The van der Waals surface area contributed by atoms with E-state index in [0.717, 1.165) is 0 Å². The normalized spacial score (nSPS) is 6.97. The van der Waals surface area contributed by atoms with Crippen molar-refractivity contribution >= 4 is 0 Å². The molecule has 212 valence electrons. The van der Waals surface area contributed by atoms with Crippen LogP contribution in [0.3, 0.4) is 0 Å². The molecule has 0 radical (unpaired) electrons. The molecule has 0 aromatic heterocycles. The quantitative estimate of drug-likeness (QED) is 0.0624. The van der Waals surface area contributed by atoms with Crippen molar-refractivity contribution in [3.05, 3.63) is 0 Å². The van der Waals surface area contributed by atoms with Gasteiger partial charge in [0.25, 0.3) is 0 Å². The third-order valence-corrected chi connectivity index (χ3v) is 0. The molecule has 0 bridgehead atoms. The van der Waals surface area contributed by atoms with Gasteiger partial charge in [0.05, 0.1) is 0 Å². The summed E-state index contributed by atoms with van der Waals surface area (Å²) < 4.78 is 0. The van der Waals surface area contributed by atoms with Crippen LogP contribution in [0.1, 0.15) is 41.5 Å². The van der Waals surface area contributed by atoms with Gasteiger partial charge >= 0.3 is 0 Å². The Balaban J connectivity index is -0.0000000109. The summed E-state index contributed by atoms with van der Waals surface area (Å²) >= 11 is 0. The Morgan fingerprint density at radius 3 is 0.290 bits per heavy atom. The largest absolute Gasteiger partial charge is 0.457 e. The molecule has 0 fully saturated rings. The molecule has 0 unspecified atom stereocenters. The SMILES string of the molecule is CC(O)O.CC(O)O.CC(O)O.CC(O)O.CC(O)O.CC(O)O.O.[OH3+].[OH3+].[OH3+].[Ru].[Ru].[Ru]. The third-order valence-electron chi connectivity index (χ3n) is 0. The fourth-order valence-corrected chi connectivity index (χ4v) is 0. The number of aliphatic hydroxyl groups excluding tert-OH is 6. The van der Waals surface area contributed by atoms with Crippen LogP contribution < -0.4 is 0 Å². The molecule has 0 aliphatic rings. The molecule has 0 atom stereocenters. The van der Waals surface area contributed by atoms with Gasteiger partial charge in [0, 0.05) is 58.4 Å². The molecule has 19 heteroatoms. The first-order chi connectivity index (χ1) is 10.4. The summed E-state index contributed by atoms with van der Waals surface area (Å²) in [5.41, 5.74) is 0. The Morgan fingerprint density at radius 2 is 0.290 bits per heavy atom. The van der Waals surface area contributed by atoms with Gasteiger partial charge in [0.2, 0.25) is 0 Å². The number of rotatable bonds is 0. The molecule has 0 aromatic carbocycles. The van der Waals surface area contributed by atoms with Crippen molar-refractivity contribution in [3.63, 3.8) is 0 Å². The van der Waals surface area contributed by atoms with Crippen molar-refractivity contribution < 1.29 is 142 Å². The van der Waals surface area contributed by atoms with E-state index >= 15 is 0 Å². The molecule has 31 heavy (non-hydrogen) atoms. The number of aliphatic hydroxyl groups is 12. The Kier molecular flexibility index (Phi) is 212. The molecule has 0 saturated carbocycles. The van der Waals surface area contributed by atoms with Gasteiger partial charge in [-0.3, -0.25) is 0 Å². The maximum Gasteiger partial charge on any atom is 0.148 e. The summed E-state index contributed by atoms with van der Waals surface area (Å²) in [5.74, 6) is 0. The van der Waals surface area contributed by atoms with Gasteiger partial charge in [-0.25, -0.2) is 0 Å². The van der Waals surface area contributed by atoms with Crippen molar-refractivity contribution in [3.8, 4) is 0 Å². The van der Waals surface area contributed by atoms with Gasteiger partial charge in [0.1, 0.15) is 37.7 Å². The van der Waals surface area contributed by atoms with Crippen LogP contribution in [0.15, 0.2) is 0 Å². The fourth-order valence-electron chi connectivity index (χ4n) is 0. The first-order valence-corrected chi connectivity index (χ1v) is 6.56. The summed E-state index contributed by atoms with van der Waals surface area (Å²) in [6.45, 7) is 7.67. The average molecular weight is 751 g/mol. The van der Waals surface area contributed by atoms with Crippen LogP contribution >= 0.6 is 0 Å². The summed E-state index contributed by atoms with van der Waals surface area (Å²) in [6.07, 6.45) is -7.00. The van der Waals surface area contributed by atoms with E-state index in [-0.39, 0.29) is 80.3 Å². The van der Waals surface area contributed by atoms with E-state index in [1.807, 2.05) is 0 Å². The van der Waals surface area contributed by atoms with Crippen molar-refractivity contribution in [2.24, 2.45) is 0 Å². The second-order valence-electron chi connectivity index (χ2n) is 3.79. The van der Waals surface area contributed by atoms with E-state index in [1.165, 1.54) is 41.5 Å². The molecular weight excluding hydrogens is 703 g/mol. The molecule has 0 aliphatic carbocycles. The second kappa shape index (κ2) is 77.2. The first-order valence-electron chi connectivity index (χ1n) is 6.56. The summed E-state index contributed by atoms with van der Waals surface area (Å²) in [6, 6.07) is 0. The van der Waals surface area contributed by atoms with Crippen molar-refractivity contribution in [1.29, 1.82) is 0 Å². The molecule has 16 nitrogen and oxygen atoms in total. The van der Waals surface area contributed by atoms with Gasteiger partial charge < -0.3 is 83.2 Å². The van der Waals surface area contributed by atoms with E-state index < -0.39 is 37.7 Å².